The molecule has 5 rings (SSSR count). The van der Waals surface area contributed by atoms with Crippen LogP contribution in [-0.2, 0) is 20.7 Å². The molecule has 2 aromatic rings. The van der Waals surface area contributed by atoms with Gasteiger partial charge in [0.2, 0.25) is 5.78 Å². The second kappa shape index (κ2) is 9.12. The number of hydrogen-bond acceptors (Lipinski definition) is 12. The lowest BCUT2D eigenvalue weighted by molar-refractivity contribution is -0.247. The lowest BCUT2D eigenvalue weighted by Crippen LogP contribution is -2.53. The van der Waals surface area contributed by atoms with E-state index in [1.54, 1.807) is 6.92 Å². The molecule has 1 fully saturated rings. The fraction of sp³-hybridized carbons (Fsp3) is 0.423. The van der Waals surface area contributed by atoms with Gasteiger partial charge in [0.1, 0.15) is 29.5 Å². The van der Waals surface area contributed by atoms with Gasteiger partial charge < -0.3 is 45.8 Å². The molecule has 6 atom stereocenters. The standard InChI is InChI=1S/C26H27NO11/c1-9-21(31)12(27)5-16(37-9)38-14-7-26(36,15(30)8-28)6-11-18(14)25(35)20-19(23(11)33)22(32)10-3-2-4-13(29)17(10)24(20)34/h2-4,9,12,14,16,21,28-29,31,33,35-36H,5-8,27H2,1H3/t9?,12-,14+,16+,21+,26+/m1/s1. The Labute approximate surface area is 215 Å². The Morgan fingerprint density at radius 3 is 2.47 bits per heavy atom. The number of phenols is 3. The summed E-state index contributed by atoms with van der Waals surface area (Å²) in [4.78, 5) is 39.3. The van der Waals surface area contributed by atoms with Crippen molar-refractivity contribution in [3.05, 3.63) is 51.6 Å². The number of aromatic hydroxyl groups is 3. The van der Waals surface area contributed by atoms with Gasteiger partial charge in [-0.2, -0.15) is 0 Å². The number of hydrogen-bond donors (Lipinski definition) is 7. The van der Waals surface area contributed by atoms with Crippen LogP contribution in [0.15, 0.2) is 18.2 Å². The summed E-state index contributed by atoms with van der Waals surface area (Å²) in [6.45, 7) is 0.530. The fourth-order valence-corrected chi connectivity index (χ4v) is 5.59. The topological polar surface area (TPSA) is 217 Å². The molecule has 0 bridgehead atoms. The van der Waals surface area contributed by atoms with Crippen LogP contribution in [0.5, 0.6) is 17.2 Å². The highest BCUT2D eigenvalue weighted by Crippen LogP contribution is 2.52. The molecule has 1 saturated heterocycles. The molecule has 1 aliphatic heterocycles. The second-order valence-corrected chi connectivity index (χ2v) is 9.98. The molecule has 3 aliphatic rings. The second-order valence-electron chi connectivity index (χ2n) is 9.98. The van der Waals surface area contributed by atoms with E-state index < -0.39 is 101 Å². The van der Waals surface area contributed by atoms with Gasteiger partial charge >= 0.3 is 0 Å². The van der Waals surface area contributed by atoms with Crippen molar-refractivity contribution in [2.45, 2.75) is 62.4 Å². The van der Waals surface area contributed by atoms with Gasteiger partial charge in [0.05, 0.1) is 35.0 Å². The number of ketones is 3. The number of carbonyl (C=O) groups is 3. The number of benzene rings is 2. The fourth-order valence-electron chi connectivity index (χ4n) is 5.59. The Morgan fingerprint density at radius 2 is 1.82 bits per heavy atom. The highest BCUT2D eigenvalue weighted by atomic mass is 16.7. The van der Waals surface area contributed by atoms with Crippen molar-refractivity contribution in [3.63, 3.8) is 0 Å². The molecule has 2 aromatic carbocycles. The molecule has 8 N–H and O–H groups in total. The number of Topliss-reactive ketones (excluding diaryl/α,β-unsaturated/α-hetero) is 1. The number of phenolic OH excluding ortho intramolecular Hbond substituents is 3. The maximum Gasteiger partial charge on any atom is 0.202 e. The molecular formula is C26H27NO11. The average Bonchev–Trinajstić information content (AvgIpc) is 2.86. The van der Waals surface area contributed by atoms with Gasteiger partial charge in [-0.15, -0.1) is 0 Å². The van der Waals surface area contributed by atoms with Gasteiger partial charge in [-0.3, -0.25) is 14.4 Å². The van der Waals surface area contributed by atoms with Gasteiger partial charge in [0, 0.05) is 42.0 Å². The van der Waals surface area contributed by atoms with Gasteiger partial charge in [0.25, 0.3) is 0 Å². The zero-order chi connectivity index (χ0) is 27.7. The van der Waals surface area contributed by atoms with E-state index in [2.05, 4.69) is 0 Å². The Hall–Kier alpha value is -3.39. The lowest BCUT2D eigenvalue weighted by Gasteiger charge is -2.42. The van der Waals surface area contributed by atoms with Crippen molar-refractivity contribution in [3.8, 4) is 17.2 Å². The molecule has 0 saturated carbocycles. The van der Waals surface area contributed by atoms with Crippen molar-refractivity contribution < 1.29 is 54.5 Å². The van der Waals surface area contributed by atoms with E-state index in [0.29, 0.717) is 0 Å². The van der Waals surface area contributed by atoms with Crippen LogP contribution in [0.4, 0.5) is 0 Å². The van der Waals surface area contributed by atoms with Gasteiger partial charge in [-0.05, 0) is 13.0 Å². The maximum atomic E-state index is 13.4. The number of fused-ring (bicyclic) bond motifs is 3. The van der Waals surface area contributed by atoms with Crippen LogP contribution >= 0.6 is 0 Å². The Kier molecular flexibility index (Phi) is 6.29. The first-order valence-corrected chi connectivity index (χ1v) is 12.0. The predicted octanol–water partition coefficient (Wildman–Crippen LogP) is -0.302. The van der Waals surface area contributed by atoms with Crippen molar-refractivity contribution in [2.75, 3.05) is 6.61 Å². The molecule has 202 valence electrons. The van der Waals surface area contributed by atoms with Crippen LogP contribution in [0.2, 0.25) is 0 Å². The summed E-state index contributed by atoms with van der Waals surface area (Å²) in [5, 5.41) is 63.7. The number of aliphatic hydroxyl groups is 3. The molecule has 0 radical (unpaired) electrons. The van der Waals surface area contributed by atoms with Crippen LogP contribution in [-0.4, -0.2) is 84.7 Å². The van der Waals surface area contributed by atoms with E-state index in [1.165, 1.54) is 18.2 Å². The molecule has 0 spiro atoms. The summed E-state index contributed by atoms with van der Waals surface area (Å²) in [6, 6.07) is 3.09. The summed E-state index contributed by atoms with van der Waals surface area (Å²) in [6.07, 6.45) is -5.27. The molecule has 1 heterocycles. The quantitative estimate of drug-likeness (QED) is 0.217. The van der Waals surface area contributed by atoms with Crippen LogP contribution in [0.3, 0.4) is 0 Å². The first kappa shape index (κ1) is 26.2. The third-order valence-corrected chi connectivity index (χ3v) is 7.60. The molecule has 1 unspecified atom stereocenters. The highest BCUT2D eigenvalue weighted by Gasteiger charge is 2.50. The largest absolute Gasteiger partial charge is 0.507 e. The summed E-state index contributed by atoms with van der Waals surface area (Å²) in [5.74, 6) is -4.72. The Morgan fingerprint density at radius 1 is 1.13 bits per heavy atom. The average molecular weight is 529 g/mol. The van der Waals surface area contributed by atoms with Crippen LogP contribution in [0.1, 0.15) is 68.8 Å². The summed E-state index contributed by atoms with van der Waals surface area (Å²) in [5.41, 5.74) is 1.70. The van der Waals surface area contributed by atoms with E-state index in [9.17, 15) is 45.0 Å². The monoisotopic (exact) mass is 529 g/mol. The minimum absolute atomic E-state index is 0.0000635. The lowest BCUT2D eigenvalue weighted by atomic mass is 9.72. The molecule has 38 heavy (non-hydrogen) atoms. The first-order chi connectivity index (χ1) is 17.9. The smallest absolute Gasteiger partial charge is 0.202 e. The number of nitrogens with two attached hydrogens (primary N) is 1. The van der Waals surface area contributed by atoms with E-state index in [4.69, 9.17) is 15.2 Å². The van der Waals surface area contributed by atoms with Gasteiger partial charge in [0.15, 0.2) is 17.9 Å². The van der Waals surface area contributed by atoms with Gasteiger partial charge in [-0.25, -0.2) is 0 Å². The molecule has 0 aromatic heterocycles. The zero-order valence-electron chi connectivity index (χ0n) is 20.2. The van der Waals surface area contributed by atoms with Crippen LogP contribution in [0, 0.1) is 0 Å². The number of ether oxygens (including phenoxy) is 2. The third kappa shape index (κ3) is 3.80. The SMILES string of the molecule is CC1O[C@@H](O[C@H]2C[C@](O)(C(=O)CO)Cc3c(O)c4c(c(O)c32)C(=O)c2c(O)cccc2C4=O)C[C@@H](N)[C@H]1O. The van der Waals surface area contributed by atoms with Crippen LogP contribution < -0.4 is 5.73 Å². The van der Waals surface area contributed by atoms with E-state index >= 15 is 0 Å². The summed E-state index contributed by atoms with van der Waals surface area (Å²) < 4.78 is 11.7. The molecule has 0 amide bonds. The highest BCUT2D eigenvalue weighted by molar-refractivity contribution is 6.31. The minimum Gasteiger partial charge on any atom is -0.507 e. The Bertz CT molecular complexity index is 1360. The Balaban J connectivity index is 1.68. The normalized spacial score (nSPS) is 30.4. The number of aliphatic hydroxyl groups excluding tert-OH is 2. The van der Waals surface area contributed by atoms with E-state index in [1.807, 2.05) is 0 Å². The van der Waals surface area contributed by atoms with Crippen LogP contribution in [0.25, 0.3) is 0 Å². The number of rotatable bonds is 4. The number of carbonyl (C=O) groups excluding carboxylic acids is 3. The summed E-state index contributed by atoms with van der Waals surface area (Å²) in [7, 11) is 0. The minimum atomic E-state index is -2.26. The third-order valence-electron chi connectivity index (χ3n) is 7.60. The van der Waals surface area contributed by atoms with Crippen molar-refractivity contribution in [1.82, 2.24) is 0 Å². The van der Waals surface area contributed by atoms with E-state index in [-0.39, 0.29) is 28.7 Å². The predicted molar refractivity (Wildman–Crippen MR) is 127 cm³/mol. The van der Waals surface area contributed by atoms with E-state index in [0.717, 1.165) is 0 Å². The van der Waals surface area contributed by atoms with Gasteiger partial charge in [-0.1, -0.05) is 12.1 Å². The first-order valence-electron chi connectivity index (χ1n) is 12.0. The molecule has 2 aliphatic carbocycles. The van der Waals surface area contributed by atoms with Crippen molar-refractivity contribution in [1.29, 1.82) is 0 Å². The van der Waals surface area contributed by atoms with Crippen molar-refractivity contribution in [2.24, 2.45) is 5.73 Å². The molecule has 12 nitrogen and oxygen atoms in total. The zero-order valence-corrected chi connectivity index (χ0v) is 20.2. The molecule has 12 heteroatoms. The molecular weight excluding hydrogens is 502 g/mol. The maximum absolute atomic E-state index is 13.4. The van der Waals surface area contributed by atoms with Crippen molar-refractivity contribution >= 4 is 17.3 Å². The summed E-state index contributed by atoms with van der Waals surface area (Å²) >= 11 is 0.